The van der Waals surface area contributed by atoms with Crippen LogP contribution in [-0.2, 0) is 50.7 Å². The van der Waals surface area contributed by atoms with E-state index in [1.165, 1.54) is 35.4 Å². The van der Waals surface area contributed by atoms with Crippen LogP contribution in [0.4, 0.5) is 5.82 Å². The van der Waals surface area contributed by atoms with Gasteiger partial charge in [0, 0.05) is 36.4 Å². The van der Waals surface area contributed by atoms with E-state index in [4.69, 9.17) is 25.3 Å². The van der Waals surface area contributed by atoms with Gasteiger partial charge in [0.25, 0.3) is 0 Å². The summed E-state index contributed by atoms with van der Waals surface area (Å²) in [6.45, 7) is 0.410. The number of aliphatic hydroxyl groups excluding tert-OH is 2. The number of nitrogens with zero attached hydrogens (tertiary/aromatic N) is 4. The fourth-order valence-electron chi connectivity index (χ4n) is 4.60. The van der Waals surface area contributed by atoms with Crippen molar-refractivity contribution in [3.8, 4) is 0 Å². The Morgan fingerprint density at radius 2 is 1.75 bits per heavy atom. The molecule has 3 rings (SSSR count). The third kappa shape index (κ3) is 14.8. The van der Waals surface area contributed by atoms with Gasteiger partial charge in [0.2, 0.25) is 16.9 Å². The van der Waals surface area contributed by atoms with Crippen LogP contribution in [0.15, 0.2) is 12.7 Å². The third-order valence-corrected chi connectivity index (χ3v) is 13.4. The Hall–Kier alpha value is -1.78. The number of phosphoric acid groups is 3. The number of anilines is 1. The molecule has 318 valence electrons. The number of fused-ring (bicyclic) bond motifs is 1. The molecule has 1 aliphatic rings. The second kappa shape index (κ2) is 21.0. The number of phosphoric ester groups is 3. The predicted molar refractivity (Wildman–Crippen MR) is 201 cm³/mol. The second-order valence-electron chi connectivity index (χ2n) is 12.3. The number of aromatic nitrogens is 4. The molecule has 1 fully saturated rings. The number of amides is 2. The summed E-state index contributed by atoms with van der Waals surface area (Å²) in [6, 6.07) is -0.634. The van der Waals surface area contributed by atoms with Crippen LogP contribution in [0.2, 0.25) is 0 Å². The van der Waals surface area contributed by atoms with E-state index in [2.05, 4.69) is 34.4 Å². The summed E-state index contributed by atoms with van der Waals surface area (Å²) in [7, 11) is -13.5. The van der Waals surface area contributed by atoms with Gasteiger partial charge in [0.1, 0.15) is 36.3 Å². The third-order valence-electron chi connectivity index (χ3n) is 7.41. The van der Waals surface area contributed by atoms with E-state index in [0.29, 0.717) is 5.75 Å². The minimum Gasteiger partial charge on any atom is -0.386 e. The molecule has 25 nitrogen and oxygen atoms in total. The predicted octanol–water partition coefficient (Wildman–Crippen LogP) is -0.997. The first-order valence-electron chi connectivity index (χ1n) is 15.9. The van der Waals surface area contributed by atoms with Crippen LogP contribution in [-0.4, -0.2) is 141 Å². The van der Waals surface area contributed by atoms with Crippen LogP contribution in [0.25, 0.3) is 11.2 Å². The van der Waals surface area contributed by atoms with Crippen molar-refractivity contribution in [3.63, 3.8) is 0 Å². The Labute approximate surface area is 330 Å². The van der Waals surface area contributed by atoms with E-state index in [9.17, 15) is 57.9 Å². The van der Waals surface area contributed by atoms with E-state index in [1.54, 1.807) is 0 Å². The molecule has 8 atom stereocenters. The van der Waals surface area contributed by atoms with Gasteiger partial charge in [-0.2, -0.15) is 4.31 Å². The van der Waals surface area contributed by atoms with Gasteiger partial charge < -0.3 is 56.6 Å². The first-order valence-corrected chi connectivity index (χ1v) is 24.2. The van der Waals surface area contributed by atoms with E-state index in [1.807, 2.05) is 6.26 Å². The lowest BCUT2D eigenvalue weighted by atomic mass is 9.87. The second-order valence-corrected chi connectivity index (χ2v) is 20.2. The molecule has 0 aromatic carbocycles. The number of nitrogen functional groups attached to an aromatic ring is 1. The molecule has 1 saturated heterocycles. The first kappa shape index (κ1) is 48.6. The minimum atomic E-state index is -5.57. The van der Waals surface area contributed by atoms with Gasteiger partial charge in [0.05, 0.1) is 25.6 Å². The average molecular weight is 917 g/mol. The van der Waals surface area contributed by atoms with Crippen molar-refractivity contribution >= 4 is 90.7 Å². The summed E-state index contributed by atoms with van der Waals surface area (Å²) in [5.74, 6) is -0.754. The maximum absolute atomic E-state index is 12.7. The van der Waals surface area contributed by atoms with Gasteiger partial charge >= 0.3 is 23.5 Å². The highest BCUT2D eigenvalue weighted by atomic mass is 33.1. The van der Waals surface area contributed by atoms with Crippen LogP contribution in [0.5, 0.6) is 0 Å². The Morgan fingerprint density at radius 3 is 2.41 bits per heavy atom. The molecule has 31 heteroatoms. The van der Waals surface area contributed by atoms with Gasteiger partial charge in [-0.3, -0.25) is 32.5 Å². The molecule has 1 aliphatic heterocycles. The first-order chi connectivity index (χ1) is 26.0. The van der Waals surface area contributed by atoms with Gasteiger partial charge in [-0.05, 0) is 6.26 Å². The standard InChI is InChI=1S/C25H43N8O17P3S3/c1-25(2,19(36)22(37)29-5-4-15(34)28-6-7-55-24(38)13(26)9-56-54-3)10-47-53(44,45)50-52(42,43)46-8-14-18(49-51(39,40)41)17(35)23(48-14)33-12-32-16-20(27)30-11-31-21(16)33/h11-14,17-19,23,35-36H,4-10,26H2,1-3H3,(H,28,34)(H,29,37)(H,42,43)(H,44,45)(H2,27,30,31)(H2,39,40,41). The van der Waals surface area contributed by atoms with Crippen molar-refractivity contribution in [3.05, 3.63) is 12.7 Å². The van der Waals surface area contributed by atoms with Crippen molar-refractivity contribution in [2.45, 2.75) is 57.0 Å². The topological polar surface area (TPSA) is 390 Å². The lowest BCUT2D eigenvalue weighted by Crippen LogP contribution is -2.46. The largest absolute Gasteiger partial charge is 0.481 e. The van der Waals surface area contributed by atoms with E-state index >= 15 is 0 Å². The monoisotopic (exact) mass is 916 g/mol. The fourth-order valence-corrected chi connectivity index (χ4v) is 9.52. The summed E-state index contributed by atoms with van der Waals surface area (Å²) in [6.07, 6.45) is -5.09. The molecule has 0 bridgehead atoms. The van der Waals surface area contributed by atoms with Crippen LogP contribution in [0.1, 0.15) is 26.5 Å². The molecule has 12 N–H and O–H groups in total. The van der Waals surface area contributed by atoms with Crippen molar-refractivity contribution < 1.29 is 80.5 Å². The van der Waals surface area contributed by atoms with Crippen molar-refractivity contribution in [1.29, 1.82) is 0 Å². The summed E-state index contributed by atoms with van der Waals surface area (Å²) < 4.78 is 62.1. The normalized spacial score (nSPS) is 22.2. The molecule has 2 amide bonds. The molecule has 0 aliphatic carbocycles. The van der Waals surface area contributed by atoms with Crippen LogP contribution >= 0.6 is 56.8 Å². The summed E-state index contributed by atoms with van der Waals surface area (Å²) >= 11 is 0.981. The molecule has 2 aromatic rings. The van der Waals surface area contributed by atoms with E-state index < -0.39 is 90.6 Å². The molecule has 56 heavy (non-hydrogen) atoms. The highest BCUT2D eigenvalue weighted by Gasteiger charge is 2.50. The minimum absolute atomic E-state index is 0.0280. The number of nitrogens with one attached hydrogen (secondary N) is 2. The summed E-state index contributed by atoms with van der Waals surface area (Å²) in [5, 5.41) is 26.1. The van der Waals surface area contributed by atoms with Crippen LogP contribution in [0, 0.1) is 5.41 Å². The maximum Gasteiger partial charge on any atom is 0.481 e. The SMILES string of the molecule is CSSCC(N)C(=O)SCCNC(=O)CCNC(=O)C(O)C(C)(C)COP(=O)(O)OP(=O)(O)OCC1OC(n2cnc3c(N)ncnc32)C(O)C1OP(=O)(O)O. The molecule has 0 saturated carbocycles. The fraction of sp³-hybridized carbons (Fsp3) is 0.680. The Morgan fingerprint density at radius 1 is 1.07 bits per heavy atom. The lowest BCUT2D eigenvalue weighted by molar-refractivity contribution is -0.137. The number of rotatable bonds is 23. The summed E-state index contributed by atoms with van der Waals surface area (Å²) in [4.78, 5) is 87.5. The Balaban J connectivity index is 1.48. The molecule has 2 aromatic heterocycles. The smallest absolute Gasteiger partial charge is 0.386 e. The number of hydrogen-bond acceptors (Lipinski definition) is 21. The lowest BCUT2D eigenvalue weighted by Gasteiger charge is -2.30. The van der Waals surface area contributed by atoms with Crippen LogP contribution in [0.3, 0.4) is 0 Å². The highest BCUT2D eigenvalue weighted by molar-refractivity contribution is 8.76. The molecule has 8 unspecified atom stereocenters. The number of carbonyl (C=O) groups is 3. The van der Waals surface area contributed by atoms with E-state index in [-0.39, 0.29) is 47.4 Å². The Bertz CT molecular complexity index is 1830. The van der Waals surface area contributed by atoms with Crippen LogP contribution < -0.4 is 22.1 Å². The highest BCUT2D eigenvalue weighted by Crippen LogP contribution is 2.61. The van der Waals surface area contributed by atoms with E-state index in [0.717, 1.165) is 29.0 Å². The molecule has 0 radical (unpaired) electrons. The van der Waals surface area contributed by atoms with Crippen molar-refractivity contribution in [2.24, 2.45) is 11.1 Å². The number of aliphatic hydroxyl groups is 2. The number of hydrogen-bond donors (Lipinski definition) is 10. The number of carbonyl (C=O) groups excluding carboxylic acids is 3. The number of thioether (sulfide) groups is 1. The number of nitrogens with two attached hydrogens (primary N) is 2. The quantitative estimate of drug-likeness (QED) is 0.0363. The Kier molecular flexibility index (Phi) is 18.2. The number of ether oxygens (including phenoxy) is 1. The number of imidazole rings is 1. The summed E-state index contributed by atoms with van der Waals surface area (Å²) in [5.41, 5.74) is 10.0. The van der Waals surface area contributed by atoms with Crippen molar-refractivity contribution in [1.82, 2.24) is 30.2 Å². The zero-order chi connectivity index (χ0) is 42.1. The van der Waals surface area contributed by atoms with Gasteiger partial charge in [-0.25, -0.2) is 28.6 Å². The van der Waals surface area contributed by atoms with Crippen molar-refractivity contribution in [2.75, 3.05) is 49.8 Å². The molecule has 0 spiro atoms. The zero-order valence-electron chi connectivity index (χ0n) is 29.8. The molecule has 3 heterocycles. The molecular formula is C25H43N8O17P3S3. The zero-order valence-corrected chi connectivity index (χ0v) is 34.9. The van der Waals surface area contributed by atoms with Gasteiger partial charge in [0.15, 0.2) is 17.7 Å². The maximum atomic E-state index is 12.7. The van der Waals surface area contributed by atoms with Gasteiger partial charge in [-0.15, -0.1) is 0 Å². The molecular weight excluding hydrogens is 873 g/mol. The van der Waals surface area contributed by atoms with Gasteiger partial charge in [-0.1, -0.05) is 47.2 Å². The average Bonchev–Trinajstić information content (AvgIpc) is 3.66.